The second kappa shape index (κ2) is 6.88. The molecule has 1 heterocycles. The summed E-state index contributed by atoms with van der Waals surface area (Å²) >= 11 is 0. The van der Waals surface area contributed by atoms with Crippen molar-refractivity contribution in [2.45, 2.75) is 69.5 Å². The van der Waals surface area contributed by atoms with Gasteiger partial charge in [0, 0.05) is 17.1 Å². The highest BCUT2D eigenvalue weighted by molar-refractivity contribution is 7.89. The summed E-state index contributed by atoms with van der Waals surface area (Å²) in [6, 6.07) is 1.60. The molecule has 4 N–H and O–H groups in total. The monoisotopic (exact) mass is 398 g/mol. The number of rotatable bonds is 5. The fourth-order valence-corrected chi connectivity index (χ4v) is 5.53. The normalized spacial score (nSPS) is 19.6. The summed E-state index contributed by atoms with van der Waals surface area (Å²) in [7, 11) is -4.11. The highest BCUT2D eigenvalue weighted by atomic mass is 32.2. The minimum absolute atomic E-state index is 0.00690. The predicted molar refractivity (Wildman–Crippen MR) is 99.7 cm³/mol. The molecule has 0 amide bonds. The van der Waals surface area contributed by atoms with Gasteiger partial charge in [-0.1, -0.05) is 0 Å². The van der Waals surface area contributed by atoms with Crippen molar-refractivity contribution in [3.63, 3.8) is 0 Å². The number of carboxylic acid groups (broad SMARTS) is 2. The SMILES string of the molecule is Cc1c(C(=O)O)cc(C(=O)O)cc1S(=O)(=O)NC1CC(C)(C)NC(C)(C)C1. The summed E-state index contributed by atoms with van der Waals surface area (Å²) < 4.78 is 28.6. The van der Waals surface area contributed by atoms with Crippen molar-refractivity contribution in [2.75, 3.05) is 0 Å². The molecule has 0 aromatic heterocycles. The van der Waals surface area contributed by atoms with Crippen molar-refractivity contribution in [2.24, 2.45) is 0 Å². The molecule has 0 aliphatic carbocycles. The zero-order valence-electron chi connectivity index (χ0n) is 16.1. The molecule has 27 heavy (non-hydrogen) atoms. The first-order valence-electron chi connectivity index (χ1n) is 8.56. The van der Waals surface area contributed by atoms with E-state index in [4.69, 9.17) is 0 Å². The minimum Gasteiger partial charge on any atom is -0.478 e. The van der Waals surface area contributed by atoms with Crippen LogP contribution in [-0.4, -0.2) is 47.7 Å². The van der Waals surface area contributed by atoms with Crippen LogP contribution in [0.15, 0.2) is 17.0 Å². The Bertz CT molecular complexity index is 873. The van der Waals surface area contributed by atoms with Gasteiger partial charge < -0.3 is 15.5 Å². The van der Waals surface area contributed by atoms with Crippen LogP contribution in [0.3, 0.4) is 0 Å². The third-order valence-electron chi connectivity index (χ3n) is 4.64. The lowest BCUT2D eigenvalue weighted by Crippen LogP contribution is -2.62. The Balaban J connectivity index is 2.47. The van der Waals surface area contributed by atoms with Crippen LogP contribution < -0.4 is 10.0 Å². The van der Waals surface area contributed by atoms with E-state index in [0.29, 0.717) is 12.8 Å². The van der Waals surface area contributed by atoms with E-state index in [1.807, 2.05) is 27.7 Å². The van der Waals surface area contributed by atoms with E-state index >= 15 is 0 Å². The van der Waals surface area contributed by atoms with E-state index in [1.165, 1.54) is 6.92 Å². The number of carboxylic acids is 2. The molecule has 1 aromatic carbocycles. The van der Waals surface area contributed by atoms with Crippen molar-refractivity contribution in [3.05, 3.63) is 28.8 Å². The summed E-state index contributed by atoms with van der Waals surface area (Å²) in [6.07, 6.45) is 1.08. The minimum atomic E-state index is -4.11. The van der Waals surface area contributed by atoms with Crippen molar-refractivity contribution in [3.8, 4) is 0 Å². The maximum Gasteiger partial charge on any atom is 0.336 e. The van der Waals surface area contributed by atoms with Crippen LogP contribution >= 0.6 is 0 Å². The van der Waals surface area contributed by atoms with Crippen LogP contribution in [0.1, 0.15) is 66.8 Å². The van der Waals surface area contributed by atoms with E-state index in [9.17, 15) is 28.2 Å². The third kappa shape index (κ3) is 4.85. The topological polar surface area (TPSA) is 133 Å². The van der Waals surface area contributed by atoms with Gasteiger partial charge in [0.2, 0.25) is 10.0 Å². The van der Waals surface area contributed by atoms with Crippen LogP contribution in [0.2, 0.25) is 0 Å². The molecular weight excluding hydrogens is 372 g/mol. The lowest BCUT2D eigenvalue weighted by atomic mass is 9.80. The van der Waals surface area contributed by atoms with Crippen LogP contribution in [0, 0.1) is 6.92 Å². The van der Waals surface area contributed by atoms with Gasteiger partial charge in [0.15, 0.2) is 0 Å². The van der Waals surface area contributed by atoms with E-state index in [0.717, 1.165) is 12.1 Å². The maximum atomic E-state index is 13.0. The molecule has 9 heteroatoms. The standard InChI is InChI=1S/C18H26N2O6S/c1-10-13(16(23)24)6-11(15(21)22)7-14(10)27(25,26)19-12-8-17(2,3)20-18(4,5)9-12/h6-7,12,19-20H,8-9H2,1-5H3,(H,21,22)(H,23,24). The van der Waals surface area contributed by atoms with E-state index in [-0.39, 0.29) is 38.7 Å². The van der Waals surface area contributed by atoms with E-state index < -0.39 is 22.0 Å². The fourth-order valence-electron chi connectivity index (χ4n) is 4.00. The molecule has 1 fully saturated rings. The zero-order chi connectivity index (χ0) is 20.8. The molecule has 0 bridgehead atoms. The van der Waals surface area contributed by atoms with Gasteiger partial charge >= 0.3 is 11.9 Å². The third-order valence-corrected chi connectivity index (χ3v) is 6.29. The predicted octanol–water partition coefficient (Wildman–Crippen LogP) is 1.98. The first-order chi connectivity index (χ1) is 12.1. The van der Waals surface area contributed by atoms with Gasteiger partial charge in [-0.2, -0.15) is 0 Å². The Morgan fingerprint density at radius 3 is 2.04 bits per heavy atom. The molecule has 0 unspecified atom stereocenters. The van der Waals surface area contributed by atoms with Crippen molar-refractivity contribution < 1.29 is 28.2 Å². The van der Waals surface area contributed by atoms with Crippen molar-refractivity contribution >= 4 is 22.0 Å². The average Bonchev–Trinajstić information content (AvgIpc) is 2.42. The molecule has 0 saturated carbocycles. The Morgan fingerprint density at radius 2 is 1.59 bits per heavy atom. The Labute approximate surface area is 159 Å². The number of hydrogen-bond donors (Lipinski definition) is 4. The highest BCUT2D eigenvalue weighted by Gasteiger charge is 2.39. The van der Waals surface area contributed by atoms with Gasteiger partial charge in [0.1, 0.15) is 0 Å². The number of nitrogens with one attached hydrogen (secondary N) is 2. The molecule has 0 radical (unpaired) electrons. The summed E-state index contributed by atoms with van der Waals surface area (Å²) in [5, 5.41) is 22.0. The van der Waals surface area contributed by atoms with Crippen molar-refractivity contribution in [1.82, 2.24) is 10.0 Å². The summed E-state index contributed by atoms with van der Waals surface area (Å²) in [5.74, 6) is -2.77. The summed E-state index contributed by atoms with van der Waals surface area (Å²) in [6.45, 7) is 9.28. The molecule has 1 aliphatic rings. The van der Waals surface area contributed by atoms with Gasteiger partial charge in [-0.3, -0.25) is 0 Å². The first kappa shape index (κ1) is 21.3. The zero-order valence-corrected chi connectivity index (χ0v) is 16.9. The van der Waals surface area contributed by atoms with Gasteiger partial charge in [-0.25, -0.2) is 22.7 Å². The molecule has 2 rings (SSSR count). The van der Waals surface area contributed by atoms with Crippen LogP contribution in [0.5, 0.6) is 0 Å². The number of benzene rings is 1. The number of carbonyl (C=O) groups is 2. The fraction of sp³-hybridized carbons (Fsp3) is 0.556. The average molecular weight is 398 g/mol. The number of piperidine rings is 1. The summed E-state index contributed by atoms with van der Waals surface area (Å²) in [5.41, 5.74) is -1.31. The molecule has 8 nitrogen and oxygen atoms in total. The molecule has 1 saturated heterocycles. The largest absolute Gasteiger partial charge is 0.478 e. The second-order valence-electron chi connectivity index (χ2n) is 8.38. The van der Waals surface area contributed by atoms with Gasteiger partial charge in [0.25, 0.3) is 0 Å². The summed E-state index contributed by atoms with van der Waals surface area (Å²) in [4.78, 5) is 22.4. The van der Waals surface area contributed by atoms with Gasteiger partial charge in [-0.05, 0) is 65.2 Å². The molecule has 1 aliphatic heterocycles. The van der Waals surface area contributed by atoms with Crippen LogP contribution in [0.4, 0.5) is 0 Å². The Morgan fingerprint density at radius 1 is 1.07 bits per heavy atom. The smallest absolute Gasteiger partial charge is 0.336 e. The quantitative estimate of drug-likeness (QED) is 0.596. The number of aromatic carboxylic acids is 2. The Hall–Kier alpha value is -1.97. The molecule has 0 atom stereocenters. The maximum absolute atomic E-state index is 13.0. The number of sulfonamides is 1. The van der Waals surface area contributed by atoms with E-state index in [1.54, 1.807) is 0 Å². The Kier molecular flexibility index (Phi) is 5.44. The number of hydrogen-bond acceptors (Lipinski definition) is 5. The molecule has 0 spiro atoms. The van der Waals surface area contributed by atoms with Gasteiger partial charge in [0.05, 0.1) is 16.0 Å². The van der Waals surface area contributed by atoms with Gasteiger partial charge in [-0.15, -0.1) is 0 Å². The highest BCUT2D eigenvalue weighted by Crippen LogP contribution is 2.30. The molecule has 150 valence electrons. The van der Waals surface area contributed by atoms with Crippen molar-refractivity contribution in [1.29, 1.82) is 0 Å². The lowest BCUT2D eigenvalue weighted by molar-refractivity contribution is 0.0695. The van der Waals surface area contributed by atoms with E-state index in [2.05, 4.69) is 10.0 Å². The lowest BCUT2D eigenvalue weighted by Gasteiger charge is -2.46. The molecular formula is C18H26N2O6S. The van der Waals surface area contributed by atoms with Crippen LogP contribution in [0.25, 0.3) is 0 Å². The molecule has 1 aromatic rings. The second-order valence-corrected chi connectivity index (χ2v) is 10.1. The first-order valence-corrected chi connectivity index (χ1v) is 10.0. The van der Waals surface area contributed by atoms with Crippen LogP contribution in [-0.2, 0) is 10.0 Å².